The van der Waals surface area contributed by atoms with Crippen LogP contribution in [0.5, 0.6) is 11.5 Å². The monoisotopic (exact) mass is 491 g/mol. The highest BCUT2D eigenvalue weighted by Gasteiger charge is 2.63. The second-order valence-corrected chi connectivity index (χ2v) is 11.3. The SMILES string of the molecule is COc1cc(CCC(=O)c2sc(C)c3c2C[C@@H]2[C@H]3C2(C)C)cc(Cl)c1OCCCNCCO. The number of aryl methyl sites for hydroxylation is 2. The van der Waals surface area contributed by atoms with Gasteiger partial charge in [-0.25, -0.2) is 0 Å². The lowest BCUT2D eigenvalue weighted by Gasteiger charge is -2.14. The van der Waals surface area contributed by atoms with E-state index in [1.807, 2.05) is 12.1 Å². The zero-order chi connectivity index (χ0) is 23.8. The topological polar surface area (TPSA) is 67.8 Å². The Morgan fingerprint density at radius 3 is 2.85 bits per heavy atom. The number of aliphatic hydroxyl groups excluding tert-OH is 1. The fourth-order valence-electron chi connectivity index (χ4n) is 5.36. The van der Waals surface area contributed by atoms with Gasteiger partial charge >= 0.3 is 0 Å². The van der Waals surface area contributed by atoms with Crippen LogP contribution in [-0.2, 0) is 12.8 Å². The van der Waals surface area contributed by atoms with E-state index in [-0.39, 0.29) is 12.4 Å². The van der Waals surface area contributed by atoms with Gasteiger partial charge in [-0.2, -0.15) is 0 Å². The van der Waals surface area contributed by atoms with Crippen molar-refractivity contribution in [3.05, 3.63) is 43.6 Å². The Bertz CT molecular complexity index is 1030. The van der Waals surface area contributed by atoms with E-state index >= 15 is 0 Å². The van der Waals surface area contributed by atoms with Crippen LogP contribution < -0.4 is 14.8 Å². The van der Waals surface area contributed by atoms with Crippen LogP contribution in [0.1, 0.15) is 63.8 Å². The summed E-state index contributed by atoms with van der Waals surface area (Å²) >= 11 is 8.18. The highest BCUT2D eigenvalue weighted by molar-refractivity contribution is 7.14. The fraction of sp³-hybridized carbons (Fsp3) is 0.577. The number of ether oxygens (including phenoxy) is 2. The van der Waals surface area contributed by atoms with Crippen LogP contribution in [0.4, 0.5) is 0 Å². The van der Waals surface area contributed by atoms with Crippen molar-refractivity contribution >= 4 is 28.7 Å². The normalized spacial score (nSPS) is 19.8. The average Bonchev–Trinajstić information content (AvgIpc) is 3.10. The van der Waals surface area contributed by atoms with Crippen molar-refractivity contribution in [2.24, 2.45) is 11.3 Å². The molecule has 2 atom stereocenters. The largest absolute Gasteiger partial charge is 0.493 e. The molecule has 0 bridgehead atoms. The maximum absolute atomic E-state index is 13.1. The second kappa shape index (κ2) is 9.95. The number of ketones is 1. The summed E-state index contributed by atoms with van der Waals surface area (Å²) in [7, 11) is 1.60. The van der Waals surface area contributed by atoms with Gasteiger partial charge < -0.3 is 19.9 Å². The Morgan fingerprint density at radius 2 is 2.12 bits per heavy atom. The van der Waals surface area contributed by atoms with E-state index in [0.29, 0.717) is 59.8 Å². The number of carbonyl (C=O) groups is 1. The molecule has 0 amide bonds. The van der Waals surface area contributed by atoms with Crippen LogP contribution in [0.25, 0.3) is 0 Å². The van der Waals surface area contributed by atoms with Crippen molar-refractivity contribution < 1.29 is 19.4 Å². The number of carbonyl (C=O) groups excluding carboxylic acids is 1. The lowest BCUT2D eigenvalue weighted by Crippen LogP contribution is -2.20. The molecule has 7 heteroatoms. The van der Waals surface area contributed by atoms with Gasteiger partial charge in [-0.05, 0) is 78.8 Å². The minimum absolute atomic E-state index is 0.123. The van der Waals surface area contributed by atoms with Crippen LogP contribution >= 0.6 is 22.9 Å². The number of hydrogen-bond acceptors (Lipinski definition) is 6. The van der Waals surface area contributed by atoms with Crippen LogP contribution in [-0.4, -0.2) is 44.3 Å². The molecule has 0 aliphatic heterocycles. The second-order valence-electron chi connectivity index (χ2n) is 9.70. The number of methoxy groups -OCH3 is 1. The standard InChI is InChI=1S/C26H34ClNO4S/c1-15-22-17(14-18-23(22)26(18,2)3)25(33-15)20(30)7-6-16-12-19(27)24(21(13-16)31-4)32-11-5-8-28-9-10-29/h12-13,18,23,28-29H,5-11,14H2,1-4H3/t18-,23-/m1/s1. The summed E-state index contributed by atoms with van der Waals surface area (Å²) in [4.78, 5) is 15.4. The van der Waals surface area contributed by atoms with Crippen molar-refractivity contribution in [1.29, 1.82) is 0 Å². The van der Waals surface area contributed by atoms with Crippen LogP contribution in [0.2, 0.25) is 5.02 Å². The number of halogens is 1. The molecule has 0 saturated heterocycles. The Balaban J connectivity index is 1.37. The quantitative estimate of drug-likeness (QED) is 0.316. The van der Waals surface area contributed by atoms with Crippen LogP contribution in [0, 0.1) is 18.3 Å². The Labute approximate surface area is 205 Å². The molecule has 0 unspecified atom stereocenters. The molecule has 1 saturated carbocycles. The van der Waals surface area contributed by atoms with Gasteiger partial charge in [-0.1, -0.05) is 25.4 Å². The molecule has 1 fully saturated rings. The first-order valence-electron chi connectivity index (χ1n) is 11.8. The zero-order valence-corrected chi connectivity index (χ0v) is 21.5. The number of aliphatic hydroxyl groups is 1. The molecule has 1 heterocycles. The Hall–Kier alpha value is -1.60. The molecule has 2 aliphatic carbocycles. The number of nitrogens with one attached hydrogen (secondary N) is 1. The molecular weight excluding hydrogens is 458 g/mol. The summed E-state index contributed by atoms with van der Waals surface area (Å²) in [6.45, 7) is 8.82. The van der Waals surface area contributed by atoms with Crippen molar-refractivity contribution in [2.45, 2.75) is 52.4 Å². The number of Topliss-reactive ketones (excluding diaryl/α,β-unsaturated/α-hetero) is 1. The predicted molar refractivity (Wildman–Crippen MR) is 133 cm³/mol. The molecule has 1 aromatic heterocycles. The molecule has 1 aromatic carbocycles. The maximum atomic E-state index is 13.1. The predicted octanol–water partition coefficient (Wildman–Crippen LogP) is 5.18. The van der Waals surface area contributed by atoms with Crippen molar-refractivity contribution in [1.82, 2.24) is 5.32 Å². The highest BCUT2D eigenvalue weighted by atomic mass is 35.5. The first kappa shape index (κ1) is 24.5. The van der Waals surface area contributed by atoms with E-state index in [2.05, 4.69) is 26.1 Å². The molecule has 180 valence electrons. The molecule has 5 nitrogen and oxygen atoms in total. The van der Waals surface area contributed by atoms with Gasteiger partial charge in [-0.15, -0.1) is 11.3 Å². The zero-order valence-electron chi connectivity index (χ0n) is 19.9. The van der Waals surface area contributed by atoms with Gasteiger partial charge in [0.05, 0.1) is 30.2 Å². The highest BCUT2D eigenvalue weighted by Crippen LogP contribution is 2.71. The molecule has 2 aliphatic rings. The lowest BCUT2D eigenvalue weighted by molar-refractivity contribution is 0.0985. The number of rotatable bonds is 12. The third-order valence-electron chi connectivity index (χ3n) is 7.24. The van der Waals surface area contributed by atoms with Crippen molar-refractivity contribution in [3.8, 4) is 11.5 Å². The molecule has 4 rings (SSSR count). The van der Waals surface area contributed by atoms with Crippen LogP contribution in [0.3, 0.4) is 0 Å². The molecule has 0 radical (unpaired) electrons. The van der Waals surface area contributed by atoms with Gasteiger partial charge in [-0.3, -0.25) is 4.79 Å². The maximum Gasteiger partial charge on any atom is 0.179 e. The van der Waals surface area contributed by atoms with E-state index in [4.69, 9.17) is 26.2 Å². The molecule has 2 N–H and O–H groups in total. The van der Waals surface area contributed by atoms with E-state index < -0.39 is 0 Å². The van der Waals surface area contributed by atoms with Crippen LogP contribution in [0.15, 0.2) is 12.1 Å². The number of thiophene rings is 1. The number of fused-ring (bicyclic) bond motifs is 3. The van der Waals surface area contributed by atoms with E-state index in [9.17, 15) is 4.79 Å². The summed E-state index contributed by atoms with van der Waals surface area (Å²) in [5, 5.41) is 12.4. The van der Waals surface area contributed by atoms with E-state index in [1.165, 1.54) is 16.0 Å². The van der Waals surface area contributed by atoms with E-state index in [1.54, 1.807) is 18.4 Å². The summed E-state index contributed by atoms with van der Waals surface area (Å²) in [6.07, 6.45) is 2.92. The average molecular weight is 492 g/mol. The smallest absolute Gasteiger partial charge is 0.179 e. The number of benzene rings is 1. The first-order chi connectivity index (χ1) is 15.8. The van der Waals surface area contributed by atoms with Gasteiger partial charge in [0, 0.05) is 17.8 Å². The minimum Gasteiger partial charge on any atom is -0.493 e. The van der Waals surface area contributed by atoms with Crippen molar-refractivity contribution in [2.75, 3.05) is 33.4 Å². The summed E-state index contributed by atoms with van der Waals surface area (Å²) in [6, 6.07) is 3.79. The minimum atomic E-state index is 0.123. The molecule has 0 spiro atoms. The lowest BCUT2D eigenvalue weighted by atomic mass is 9.94. The van der Waals surface area contributed by atoms with Gasteiger partial charge in [0.25, 0.3) is 0 Å². The van der Waals surface area contributed by atoms with Gasteiger partial charge in [0.1, 0.15) is 0 Å². The number of hydrogen-bond donors (Lipinski definition) is 2. The Morgan fingerprint density at radius 1 is 1.33 bits per heavy atom. The first-order valence-corrected chi connectivity index (χ1v) is 12.9. The summed E-state index contributed by atoms with van der Waals surface area (Å²) in [5.74, 6) is 2.70. The Kier molecular flexibility index (Phi) is 7.39. The molecule has 2 aromatic rings. The van der Waals surface area contributed by atoms with E-state index in [0.717, 1.165) is 29.8 Å². The molecular formula is C26H34ClNO4S. The fourth-order valence-corrected chi connectivity index (χ4v) is 6.85. The molecule has 33 heavy (non-hydrogen) atoms. The van der Waals surface area contributed by atoms with Gasteiger partial charge in [0.2, 0.25) is 0 Å². The van der Waals surface area contributed by atoms with Crippen molar-refractivity contribution in [3.63, 3.8) is 0 Å². The third-order valence-corrected chi connectivity index (χ3v) is 8.72. The van der Waals surface area contributed by atoms with Gasteiger partial charge in [0.15, 0.2) is 17.3 Å². The summed E-state index contributed by atoms with van der Waals surface area (Å²) < 4.78 is 11.4. The summed E-state index contributed by atoms with van der Waals surface area (Å²) in [5.41, 5.74) is 4.16. The third kappa shape index (κ3) is 4.81.